The number of benzene rings is 1. The molecule has 0 aromatic heterocycles. The molecule has 17 heavy (non-hydrogen) atoms. The minimum Gasteiger partial charge on any atom is -0.464 e. The quantitative estimate of drug-likeness (QED) is 0.454. The number of carbonyl (C=O) groups is 2. The predicted molar refractivity (Wildman–Crippen MR) is 66.8 cm³/mol. The van der Waals surface area contributed by atoms with Gasteiger partial charge in [0, 0.05) is 10.6 Å². The highest BCUT2D eigenvalue weighted by Crippen LogP contribution is 2.18. The molecule has 0 heterocycles. The van der Waals surface area contributed by atoms with E-state index < -0.39 is 12.0 Å². The molecule has 1 amide bonds. The monoisotopic (exact) mass is 253 g/mol. The van der Waals surface area contributed by atoms with Crippen molar-refractivity contribution in [3.05, 3.63) is 30.3 Å². The molecule has 1 N–H and O–H groups in total. The van der Waals surface area contributed by atoms with Gasteiger partial charge in [-0.25, -0.2) is 4.79 Å². The average molecular weight is 253 g/mol. The van der Waals surface area contributed by atoms with Crippen molar-refractivity contribution in [1.82, 2.24) is 5.32 Å². The van der Waals surface area contributed by atoms with Gasteiger partial charge in [-0.3, -0.25) is 4.79 Å². The van der Waals surface area contributed by atoms with Crippen molar-refractivity contribution in [3.63, 3.8) is 0 Å². The second-order valence-corrected chi connectivity index (χ2v) is 4.31. The van der Waals surface area contributed by atoms with Crippen LogP contribution in [0.5, 0.6) is 0 Å². The lowest BCUT2D eigenvalue weighted by molar-refractivity contribution is -0.145. The number of rotatable bonds is 7. The Morgan fingerprint density at radius 1 is 1.47 bits per heavy atom. The fourth-order valence-electron chi connectivity index (χ4n) is 1.21. The van der Waals surface area contributed by atoms with E-state index in [-0.39, 0.29) is 0 Å². The summed E-state index contributed by atoms with van der Waals surface area (Å²) < 4.78 is 4.87. The number of nitrogens with one attached hydrogen (secondary N) is 1. The zero-order valence-corrected chi connectivity index (χ0v) is 10.4. The van der Waals surface area contributed by atoms with Crippen molar-refractivity contribution in [3.8, 4) is 0 Å². The van der Waals surface area contributed by atoms with Crippen molar-refractivity contribution in [2.24, 2.45) is 0 Å². The molecule has 1 aromatic carbocycles. The highest BCUT2D eigenvalue weighted by atomic mass is 32.2. The standard InChI is InChI=1S/C12H15NO3S/c1-2-16-12(15)11(13-9-14)8-17-10-6-4-3-5-7-10/h3-7,9,11H,2,8H2,1H3,(H,13,14)/t11-/m0/s1. The van der Waals surface area contributed by atoms with E-state index in [1.54, 1.807) is 6.92 Å². The maximum absolute atomic E-state index is 11.5. The maximum Gasteiger partial charge on any atom is 0.329 e. The van der Waals surface area contributed by atoms with Crippen molar-refractivity contribution in [1.29, 1.82) is 0 Å². The van der Waals surface area contributed by atoms with Gasteiger partial charge in [0.05, 0.1) is 6.61 Å². The van der Waals surface area contributed by atoms with E-state index in [4.69, 9.17) is 4.74 Å². The zero-order chi connectivity index (χ0) is 12.5. The number of hydrogen-bond donors (Lipinski definition) is 1. The van der Waals surface area contributed by atoms with Crippen molar-refractivity contribution >= 4 is 24.1 Å². The Hall–Kier alpha value is -1.49. The smallest absolute Gasteiger partial charge is 0.329 e. The Kier molecular flexibility index (Phi) is 6.17. The van der Waals surface area contributed by atoms with Gasteiger partial charge in [0.1, 0.15) is 6.04 Å². The second-order valence-electron chi connectivity index (χ2n) is 3.21. The molecule has 1 aromatic rings. The van der Waals surface area contributed by atoms with Crippen LogP contribution in [0.15, 0.2) is 35.2 Å². The summed E-state index contributed by atoms with van der Waals surface area (Å²) in [7, 11) is 0. The highest BCUT2D eigenvalue weighted by molar-refractivity contribution is 7.99. The average Bonchev–Trinajstić information content (AvgIpc) is 2.36. The Morgan fingerprint density at radius 2 is 2.18 bits per heavy atom. The summed E-state index contributed by atoms with van der Waals surface area (Å²) in [6, 6.07) is 9.08. The van der Waals surface area contributed by atoms with Crippen LogP contribution in [0.2, 0.25) is 0 Å². The minimum atomic E-state index is -0.599. The summed E-state index contributed by atoms with van der Waals surface area (Å²) in [5.74, 6) is 0.0599. The normalized spacial score (nSPS) is 11.6. The fraction of sp³-hybridized carbons (Fsp3) is 0.333. The molecule has 1 rings (SSSR count). The third-order valence-electron chi connectivity index (χ3n) is 2.00. The van der Waals surface area contributed by atoms with Crippen LogP contribution in [0.3, 0.4) is 0 Å². The molecule has 0 saturated carbocycles. The molecule has 0 bridgehead atoms. The fourth-order valence-corrected chi connectivity index (χ4v) is 2.15. The lowest BCUT2D eigenvalue weighted by atomic mass is 10.3. The molecule has 0 aliphatic rings. The van der Waals surface area contributed by atoms with Gasteiger partial charge in [0.25, 0.3) is 0 Å². The topological polar surface area (TPSA) is 55.4 Å². The number of carbonyl (C=O) groups excluding carboxylic acids is 2. The first-order valence-corrected chi connectivity index (χ1v) is 6.30. The molecule has 0 fully saturated rings. The summed E-state index contributed by atoms with van der Waals surface area (Å²) in [6.07, 6.45) is 0.521. The third kappa shape index (κ3) is 4.91. The first-order chi connectivity index (χ1) is 8.27. The van der Waals surface area contributed by atoms with Crippen LogP contribution in [0.4, 0.5) is 0 Å². The van der Waals surface area contributed by atoms with Crippen LogP contribution in [0.25, 0.3) is 0 Å². The molecule has 0 spiro atoms. The molecule has 4 nitrogen and oxygen atoms in total. The summed E-state index contributed by atoms with van der Waals surface area (Å²) in [5, 5.41) is 2.46. The van der Waals surface area contributed by atoms with E-state index in [2.05, 4.69) is 5.32 Å². The second kappa shape index (κ2) is 7.73. The highest BCUT2D eigenvalue weighted by Gasteiger charge is 2.18. The van der Waals surface area contributed by atoms with E-state index in [9.17, 15) is 9.59 Å². The molecule has 92 valence electrons. The number of hydrogen-bond acceptors (Lipinski definition) is 4. The van der Waals surface area contributed by atoms with Crippen LogP contribution in [-0.2, 0) is 14.3 Å². The van der Waals surface area contributed by atoms with Crippen molar-refractivity contribution in [2.75, 3.05) is 12.4 Å². The Labute approximate surface area is 105 Å². The summed E-state index contributed by atoms with van der Waals surface area (Å²) in [4.78, 5) is 23.0. The summed E-state index contributed by atoms with van der Waals surface area (Å²) in [5.41, 5.74) is 0. The van der Waals surface area contributed by atoms with Gasteiger partial charge in [0.2, 0.25) is 6.41 Å². The van der Waals surface area contributed by atoms with Gasteiger partial charge < -0.3 is 10.1 Å². The molecule has 0 aliphatic heterocycles. The van der Waals surface area contributed by atoms with Crippen LogP contribution in [0.1, 0.15) is 6.92 Å². The zero-order valence-electron chi connectivity index (χ0n) is 9.59. The van der Waals surface area contributed by atoms with E-state index >= 15 is 0 Å². The van der Waals surface area contributed by atoms with Gasteiger partial charge in [-0.05, 0) is 19.1 Å². The van der Waals surface area contributed by atoms with Gasteiger partial charge in [-0.1, -0.05) is 18.2 Å². The van der Waals surface area contributed by atoms with E-state index in [0.717, 1.165) is 4.90 Å². The first-order valence-electron chi connectivity index (χ1n) is 5.32. The van der Waals surface area contributed by atoms with Crippen LogP contribution in [-0.4, -0.2) is 30.8 Å². The molecule has 5 heteroatoms. The predicted octanol–water partition coefficient (Wildman–Crippen LogP) is 1.46. The minimum absolute atomic E-state index is 0.311. The molecule has 0 radical (unpaired) electrons. The van der Waals surface area contributed by atoms with E-state index in [0.29, 0.717) is 18.8 Å². The lowest BCUT2D eigenvalue weighted by Gasteiger charge is -2.13. The summed E-state index contributed by atoms with van der Waals surface area (Å²) >= 11 is 1.50. The van der Waals surface area contributed by atoms with Crippen LogP contribution >= 0.6 is 11.8 Å². The van der Waals surface area contributed by atoms with Crippen molar-refractivity contribution in [2.45, 2.75) is 17.9 Å². The molecule has 0 saturated heterocycles. The van der Waals surface area contributed by atoms with Gasteiger partial charge in [-0.15, -0.1) is 11.8 Å². The van der Waals surface area contributed by atoms with Crippen LogP contribution in [0, 0.1) is 0 Å². The molecule has 0 aliphatic carbocycles. The largest absolute Gasteiger partial charge is 0.464 e. The molecule has 1 atom stereocenters. The van der Waals surface area contributed by atoms with Gasteiger partial charge in [-0.2, -0.15) is 0 Å². The first kappa shape index (κ1) is 13.6. The number of esters is 1. The summed E-state index contributed by atoms with van der Waals surface area (Å²) in [6.45, 7) is 2.05. The number of amides is 1. The van der Waals surface area contributed by atoms with E-state index in [1.165, 1.54) is 11.8 Å². The van der Waals surface area contributed by atoms with Gasteiger partial charge in [0.15, 0.2) is 0 Å². The number of thioether (sulfide) groups is 1. The Balaban J connectivity index is 2.49. The molecular formula is C12H15NO3S. The lowest BCUT2D eigenvalue weighted by Crippen LogP contribution is -2.39. The van der Waals surface area contributed by atoms with Gasteiger partial charge >= 0.3 is 5.97 Å². The Morgan fingerprint density at radius 3 is 2.76 bits per heavy atom. The van der Waals surface area contributed by atoms with E-state index in [1.807, 2.05) is 30.3 Å². The Bertz CT molecular complexity index is 356. The maximum atomic E-state index is 11.5. The molecule has 0 unspecified atom stereocenters. The van der Waals surface area contributed by atoms with Crippen molar-refractivity contribution < 1.29 is 14.3 Å². The van der Waals surface area contributed by atoms with Crippen LogP contribution < -0.4 is 5.32 Å². The number of ether oxygens (including phenoxy) is 1. The third-order valence-corrected chi connectivity index (χ3v) is 3.11. The molecular weight excluding hydrogens is 238 g/mol. The SMILES string of the molecule is CCOC(=O)[C@H](CSc1ccccc1)NC=O.